The normalized spacial score (nSPS) is 11.8. The number of rotatable bonds is 5. The summed E-state index contributed by atoms with van der Waals surface area (Å²) in [6.07, 6.45) is 1.32. The Kier molecular flexibility index (Phi) is 3.52. The average Bonchev–Trinajstić information content (AvgIpc) is 2.97. The zero-order chi connectivity index (χ0) is 12.3. The highest BCUT2D eigenvalue weighted by molar-refractivity contribution is 7.89. The van der Waals surface area contributed by atoms with E-state index in [4.69, 9.17) is 5.73 Å². The molecule has 2 heterocycles. The molecule has 0 aromatic carbocycles. The topological polar surface area (TPSA) is 114 Å². The molecule has 0 radical (unpaired) electrons. The molecule has 0 fully saturated rings. The Labute approximate surface area is 102 Å². The number of nitrogens with two attached hydrogens (primary N) is 1. The summed E-state index contributed by atoms with van der Waals surface area (Å²) in [4.78, 5) is 4.69. The molecule has 0 aliphatic rings. The first kappa shape index (κ1) is 12.2. The van der Waals surface area contributed by atoms with Crippen LogP contribution in [0.15, 0.2) is 22.7 Å². The second-order valence-corrected chi connectivity index (χ2v) is 5.90. The summed E-state index contributed by atoms with van der Waals surface area (Å²) in [5.41, 5.74) is 5.47. The van der Waals surface area contributed by atoms with Crippen LogP contribution in [0.4, 0.5) is 0 Å². The van der Waals surface area contributed by atoms with Crippen LogP contribution in [0.5, 0.6) is 0 Å². The predicted molar refractivity (Wildman–Crippen MR) is 62.6 cm³/mol. The minimum Gasteiger partial charge on any atom is -0.326 e. The maximum Gasteiger partial charge on any atom is 0.242 e. The summed E-state index contributed by atoms with van der Waals surface area (Å²) in [7, 11) is -3.54. The zero-order valence-electron chi connectivity index (χ0n) is 8.75. The van der Waals surface area contributed by atoms with E-state index in [1.165, 1.54) is 23.7 Å². The van der Waals surface area contributed by atoms with Crippen molar-refractivity contribution in [3.63, 3.8) is 0 Å². The first-order valence-electron chi connectivity index (χ1n) is 4.74. The van der Waals surface area contributed by atoms with Gasteiger partial charge in [-0.25, -0.2) is 18.1 Å². The number of aromatic nitrogens is 3. The molecule has 0 aliphatic carbocycles. The van der Waals surface area contributed by atoms with Gasteiger partial charge in [-0.1, -0.05) is 0 Å². The molecule has 0 unspecified atom stereocenters. The van der Waals surface area contributed by atoms with Gasteiger partial charge in [0.05, 0.1) is 11.4 Å². The molecule has 7 nitrogen and oxygen atoms in total. The largest absolute Gasteiger partial charge is 0.326 e. The molecule has 0 spiro atoms. The van der Waals surface area contributed by atoms with Gasteiger partial charge in [-0.2, -0.15) is 5.10 Å². The highest BCUT2D eigenvalue weighted by Gasteiger charge is 2.18. The minimum atomic E-state index is -3.54. The molecule has 0 bridgehead atoms. The summed E-state index contributed by atoms with van der Waals surface area (Å²) >= 11 is 1.32. The minimum absolute atomic E-state index is 0.0716. The van der Waals surface area contributed by atoms with Gasteiger partial charge in [0.2, 0.25) is 10.0 Å². The Bertz CT molecular complexity index is 575. The SMILES string of the molecule is NCc1sccc1S(=O)(=O)NCc1ncn[nH]1. The number of aromatic amines is 1. The first-order valence-corrected chi connectivity index (χ1v) is 7.10. The third kappa shape index (κ3) is 2.69. The smallest absolute Gasteiger partial charge is 0.242 e. The Balaban J connectivity index is 2.14. The lowest BCUT2D eigenvalue weighted by molar-refractivity contribution is 0.579. The first-order chi connectivity index (χ1) is 8.13. The Morgan fingerprint density at radius 3 is 3.00 bits per heavy atom. The fourth-order valence-electron chi connectivity index (χ4n) is 1.27. The second kappa shape index (κ2) is 4.92. The average molecular weight is 273 g/mol. The van der Waals surface area contributed by atoms with E-state index >= 15 is 0 Å². The van der Waals surface area contributed by atoms with Crippen LogP contribution in [0.1, 0.15) is 10.7 Å². The molecule has 17 heavy (non-hydrogen) atoms. The lowest BCUT2D eigenvalue weighted by Gasteiger charge is -2.05. The second-order valence-electron chi connectivity index (χ2n) is 3.17. The molecule has 92 valence electrons. The van der Waals surface area contributed by atoms with Crippen molar-refractivity contribution in [2.24, 2.45) is 5.73 Å². The van der Waals surface area contributed by atoms with Crippen LogP contribution in [-0.2, 0) is 23.1 Å². The summed E-state index contributed by atoms with van der Waals surface area (Å²) in [6.45, 7) is 0.276. The number of sulfonamides is 1. The number of H-pyrrole nitrogens is 1. The number of hydrogen-bond donors (Lipinski definition) is 3. The van der Waals surface area contributed by atoms with Gasteiger partial charge >= 0.3 is 0 Å². The number of nitrogens with one attached hydrogen (secondary N) is 2. The van der Waals surface area contributed by atoms with E-state index in [1.54, 1.807) is 5.38 Å². The van der Waals surface area contributed by atoms with Gasteiger partial charge in [-0.05, 0) is 11.4 Å². The number of thiophene rings is 1. The Morgan fingerprint density at radius 2 is 2.35 bits per heavy atom. The monoisotopic (exact) mass is 273 g/mol. The van der Waals surface area contributed by atoms with Crippen LogP contribution in [0.25, 0.3) is 0 Å². The molecule has 0 atom stereocenters. The summed E-state index contributed by atoms with van der Waals surface area (Å²) in [6, 6.07) is 1.54. The summed E-state index contributed by atoms with van der Waals surface area (Å²) < 4.78 is 26.3. The van der Waals surface area contributed by atoms with E-state index in [0.717, 1.165) is 0 Å². The van der Waals surface area contributed by atoms with Crippen molar-refractivity contribution in [3.8, 4) is 0 Å². The third-order valence-corrected chi connectivity index (χ3v) is 4.63. The van der Waals surface area contributed by atoms with Crippen LogP contribution in [0.2, 0.25) is 0 Å². The van der Waals surface area contributed by atoms with Gasteiger partial charge in [0.15, 0.2) is 0 Å². The lowest BCUT2D eigenvalue weighted by Crippen LogP contribution is -2.24. The van der Waals surface area contributed by atoms with Gasteiger partial charge in [-0.15, -0.1) is 11.3 Å². The Hall–Kier alpha value is -1.29. The zero-order valence-corrected chi connectivity index (χ0v) is 10.4. The van der Waals surface area contributed by atoms with Gasteiger partial charge < -0.3 is 5.73 Å². The molecule has 2 rings (SSSR count). The molecule has 0 amide bonds. The summed E-state index contributed by atoms with van der Waals surface area (Å²) in [5, 5.41) is 7.90. The summed E-state index contributed by atoms with van der Waals surface area (Å²) in [5.74, 6) is 0.457. The maximum absolute atomic E-state index is 11.9. The quantitative estimate of drug-likeness (QED) is 0.698. The van der Waals surface area contributed by atoms with Crippen molar-refractivity contribution >= 4 is 21.4 Å². The number of hydrogen-bond acceptors (Lipinski definition) is 6. The Morgan fingerprint density at radius 1 is 1.53 bits per heavy atom. The highest BCUT2D eigenvalue weighted by atomic mass is 32.2. The van der Waals surface area contributed by atoms with Gasteiger partial charge in [0.1, 0.15) is 12.2 Å². The van der Waals surface area contributed by atoms with Crippen molar-refractivity contribution in [1.82, 2.24) is 19.9 Å². The van der Waals surface area contributed by atoms with E-state index < -0.39 is 10.0 Å². The van der Waals surface area contributed by atoms with Crippen molar-refractivity contribution < 1.29 is 8.42 Å². The van der Waals surface area contributed by atoms with Gasteiger partial charge in [0, 0.05) is 11.4 Å². The standard InChI is InChI=1S/C8H11N5O2S2/c9-3-6-7(1-2-16-6)17(14,15)12-4-8-10-5-11-13-8/h1-2,5,12H,3-4,9H2,(H,10,11,13). The van der Waals surface area contributed by atoms with E-state index in [9.17, 15) is 8.42 Å². The van der Waals surface area contributed by atoms with Crippen LogP contribution >= 0.6 is 11.3 Å². The van der Waals surface area contributed by atoms with E-state index in [1.807, 2.05) is 0 Å². The van der Waals surface area contributed by atoms with Crippen molar-refractivity contribution in [2.45, 2.75) is 18.0 Å². The van der Waals surface area contributed by atoms with Crippen LogP contribution in [0, 0.1) is 0 Å². The van der Waals surface area contributed by atoms with Crippen LogP contribution in [0.3, 0.4) is 0 Å². The van der Waals surface area contributed by atoms with Gasteiger partial charge in [0.25, 0.3) is 0 Å². The molecule has 2 aromatic heterocycles. The fraction of sp³-hybridized carbons (Fsp3) is 0.250. The molecule has 4 N–H and O–H groups in total. The van der Waals surface area contributed by atoms with Crippen molar-refractivity contribution in [1.29, 1.82) is 0 Å². The maximum atomic E-state index is 11.9. The predicted octanol–water partition coefficient (Wildman–Crippen LogP) is -0.197. The van der Waals surface area contributed by atoms with Crippen molar-refractivity contribution in [3.05, 3.63) is 28.5 Å². The molecular formula is C8H11N5O2S2. The third-order valence-electron chi connectivity index (χ3n) is 2.07. The van der Waals surface area contributed by atoms with E-state index in [2.05, 4.69) is 19.9 Å². The molecule has 0 saturated carbocycles. The fourth-order valence-corrected chi connectivity index (χ4v) is 3.60. The number of nitrogens with zero attached hydrogens (tertiary/aromatic N) is 2. The highest BCUT2D eigenvalue weighted by Crippen LogP contribution is 2.21. The van der Waals surface area contributed by atoms with Crippen molar-refractivity contribution in [2.75, 3.05) is 0 Å². The molecular weight excluding hydrogens is 262 g/mol. The van der Waals surface area contributed by atoms with Crippen LogP contribution < -0.4 is 10.5 Å². The van der Waals surface area contributed by atoms with E-state index in [-0.39, 0.29) is 18.0 Å². The molecule has 9 heteroatoms. The van der Waals surface area contributed by atoms with Gasteiger partial charge in [-0.3, -0.25) is 5.10 Å². The molecule has 2 aromatic rings. The van der Waals surface area contributed by atoms with Crippen LogP contribution in [-0.4, -0.2) is 23.6 Å². The molecule has 0 saturated heterocycles. The van der Waals surface area contributed by atoms with E-state index in [0.29, 0.717) is 10.7 Å². The molecule has 0 aliphatic heterocycles. The lowest BCUT2D eigenvalue weighted by atomic mass is 10.5.